The highest BCUT2D eigenvalue weighted by molar-refractivity contribution is 5.67. The van der Waals surface area contributed by atoms with Gasteiger partial charge in [-0.15, -0.1) is 0 Å². The lowest BCUT2D eigenvalue weighted by atomic mass is 9.97. The van der Waals surface area contributed by atoms with Crippen molar-refractivity contribution in [2.24, 2.45) is 11.3 Å². The first kappa shape index (κ1) is 13.2. The third-order valence-electron chi connectivity index (χ3n) is 1.27. The summed E-state index contributed by atoms with van der Waals surface area (Å²) in [4.78, 5) is 11.4. The van der Waals surface area contributed by atoms with Crippen molar-refractivity contribution in [3.8, 4) is 0 Å². The molecule has 0 heterocycles. The van der Waals surface area contributed by atoms with E-state index < -0.39 is 11.7 Å². The molecule has 0 saturated carbocycles. The number of ether oxygens (including phenoxy) is 1. The van der Waals surface area contributed by atoms with Gasteiger partial charge in [-0.3, -0.25) is 0 Å². The number of carbonyl (C=O) groups excluding carboxylic acids is 1. The molecule has 0 aliphatic heterocycles. The maximum atomic E-state index is 11.4. The van der Waals surface area contributed by atoms with E-state index in [1.807, 2.05) is 41.5 Å². The lowest BCUT2D eigenvalue weighted by Gasteiger charge is -2.28. The second kappa shape index (κ2) is 4.17. The van der Waals surface area contributed by atoms with Crippen LogP contribution in [0, 0.1) is 5.41 Å². The topological polar surface area (TPSA) is 55.6 Å². The lowest BCUT2D eigenvalue weighted by Crippen LogP contribution is -2.45. The molecule has 0 saturated heterocycles. The van der Waals surface area contributed by atoms with Gasteiger partial charge in [-0.2, -0.15) is 0 Å². The summed E-state index contributed by atoms with van der Waals surface area (Å²) in [6.07, 6.45) is -0.479. The second-order valence-corrected chi connectivity index (χ2v) is 5.67. The van der Waals surface area contributed by atoms with Gasteiger partial charge in [-0.1, -0.05) is 20.8 Å². The Morgan fingerprint density at radius 2 is 1.64 bits per heavy atom. The Bertz CT molecular complexity index is 201. The molecule has 0 spiro atoms. The number of hydrogen-bond acceptors (Lipinski definition) is 3. The molecular formula is C10H22N2O2. The normalized spacial score (nSPS) is 12.5. The van der Waals surface area contributed by atoms with E-state index >= 15 is 0 Å². The van der Waals surface area contributed by atoms with Crippen LogP contribution in [0.2, 0.25) is 0 Å². The molecule has 0 aliphatic rings. The molecule has 2 N–H and O–H groups in total. The fraction of sp³-hybridized carbons (Fsp3) is 0.900. The van der Waals surface area contributed by atoms with Gasteiger partial charge in [0, 0.05) is 6.54 Å². The molecule has 4 nitrogen and oxygen atoms in total. The van der Waals surface area contributed by atoms with Crippen molar-refractivity contribution in [3.05, 3.63) is 0 Å². The maximum absolute atomic E-state index is 11.4. The Labute approximate surface area is 86.4 Å². The third-order valence-corrected chi connectivity index (χ3v) is 1.27. The van der Waals surface area contributed by atoms with Crippen molar-refractivity contribution in [1.29, 1.82) is 0 Å². The number of rotatable bonds is 1. The van der Waals surface area contributed by atoms with Crippen molar-refractivity contribution in [1.82, 2.24) is 5.01 Å². The summed E-state index contributed by atoms with van der Waals surface area (Å²) in [5.74, 6) is 5.57. The van der Waals surface area contributed by atoms with Crippen molar-refractivity contribution < 1.29 is 9.53 Å². The van der Waals surface area contributed by atoms with Crippen LogP contribution < -0.4 is 5.84 Å². The van der Waals surface area contributed by atoms with Crippen molar-refractivity contribution >= 4 is 6.09 Å². The van der Waals surface area contributed by atoms with E-state index in [0.717, 1.165) is 5.01 Å². The number of nitrogens with zero attached hydrogens (tertiary/aromatic N) is 1. The van der Waals surface area contributed by atoms with Crippen molar-refractivity contribution in [2.75, 3.05) is 6.54 Å². The summed E-state index contributed by atoms with van der Waals surface area (Å²) in [5.41, 5.74) is -0.516. The second-order valence-electron chi connectivity index (χ2n) is 5.67. The SMILES string of the molecule is CC(C)(C)CN(N)C(=O)OC(C)(C)C. The zero-order valence-corrected chi connectivity index (χ0v) is 10.0. The van der Waals surface area contributed by atoms with Crippen LogP contribution in [0.3, 0.4) is 0 Å². The van der Waals surface area contributed by atoms with Crippen molar-refractivity contribution in [3.63, 3.8) is 0 Å². The van der Waals surface area contributed by atoms with Gasteiger partial charge in [0.2, 0.25) is 0 Å². The van der Waals surface area contributed by atoms with E-state index in [1.54, 1.807) is 0 Å². The molecule has 1 amide bonds. The zero-order chi connectivity index (χ0) is 11.6. The van der Waals surface area contributed by atoms with Gasteiger partial charge in [-0.05, 0) is 26.2 Å². The van der Waals surface area contributed by atoms with Gasteiger partial charge >= 0.3 is 6.09 Å². The predicted molar refractivity (Wildman–Crippen MR) is 56.6 cm³/mol. The number of hydrogen-bond donors (Lipinski definition) is 1. The third kappa shape index (κ3) is 6.71. The number of hydrazine groups is 1. The molecule has 0 aromatic heterocycles. The Kier molecular flexibility index (Phi) is 3.94. The monoisotopic (exact) mass is 202 g/mol. The van der Waals surface area contributed by atoms with Crippen molar-refractivity contribution in [2.45, 2.75) is 47.1 Å². The molecule has 0 radical (unpaired) electrons. The minimum Gasteiger partial charge on any atom is -0.443 e. The van der Waals surface area contributed by atoms with Crippen LogP contribution >= 0.6 is 0 Å². The highest BCUT2D eigenvalue weighted by Crippen LogP contribution is 2.15. The van der Waals surface area contributed by atoms with Gasteiger partial charge < -0.3 is 4.74 Å². The van der Waals surface area contributed by atoms with E-state index in [2.05, 4.69) is 0 Å². The van der Waals surface area contributed by atoms with E-state index in [4.69, 9.17) is 10.6 Å². The van der Waals surface area contributed by atoms with Crippen LogP contribution in [0.15, 0.2) is 0 Å². The summed E-state index contributed by atoms with van der Waals surface area (Å²) >= 11 is 0. The fourth-order valence-corrected chi connectivity index (χ4v) is 0.896. The summed E-state index contributed by atoms with van der Waals surface area (Å²) in [5, 5.41) is 1.12. The molecule has 4 heteroatoms. The highest BCUT2D eigenvalue weighted by atomic mass is 16.6. The highest BCUT2D eigenvalue weighted by Gasteiger charge is 2.23. The Morgan fingerprint density at radius 3 is 1.93 bits per heavy atom. The molecule has 0 aliphatic carbocycles. The lowest BCUT2D eigenvalue weighted by molar-refractivity contribution is 0.0186. The molecule has 0 bridgehead atoms. The molecular weight excluding hydrogens is 180 g/mol. The molecule has 84 valence electrons. The quantitative estimate of drug-likeness (QED) is 0.402. The maximum Gasteiger partial charge on any atom is 0.424 e. The van der Waals surface area contributed by atoms with Crippen LogP contribution in [0.5, 0.6) is 0 Å². The smallest absolute Gasteiger partial charge is 0.424 e. The summed E-state index contributed by atoms with van der Waals surface area (Å²) in [7, 11) is 0. The molecule has 14 heavy (non-hydrogen) atoms. The van der Waals surface area contributed by atoms with Crippen LogP contribution in [0.1, 0.15) is 41.5 Å². The Balaban J connectivity index is 4.15. The van der Waals surface area contributed by atoms with Crippen LogP contribution in [-0.2, 0) is 4.74 Å². The average Bonchev–Trinajstić information content (AvgIpc) is 1.78. The van der Waals surface area contributed by atoms with E-state index in [-0.39, 0.29) is 5.41 Å². The first-order valence-electron chi connectivity index (χ1n) is 4.76. The first-order valence-corrected chi connectivity index (χ1v) is 4.76. The Hall–Kier alpha value is -0.770. The standard InChI is InChI=1S/C10H22N2O2/c1-9(2,3)7-12(11)8(13)14-10(4,5)6/h7,11H2,1-6H3. The molecule has 0 unspecified atom stereocenters. The summed E-state index contributed by atoms with van der Waals surface area (Å²) < 4.78 is 5.11. The van der Waals surface area contributed by atoms with Crippen LogP contribution in [-0.4, -0.2) is 23.2 Å². The summed E-state index contributed by atoms with van der Waals surface area (Å²) in [6.45, 7) is 12.0. The number of nitrogens with two attached hydrogens (primary N) is 1. The number of amides is 1. The number of carbonyl (C=O) groups is 1. The van der Waals surface area contributed by atoms with Crippen LogP contribution in [0.4, 0.5) is 4.79 Å². The first-order chi connectivity index (χ1) is 6.01. The van der Waals surface area contributed by atoms with Gasteiger partial charge in [0.25, 0.3) is 0 Å². The van der Waals surface area contributed by atoms with Crippen LogP contribution in [0.25, 0.3) is 0 Å². The predicted octanol–water partition coefficient (Wildman–Crippen LogP) is 2.14. The van der Waals surface area contributed by atoms with E-state index in [1.165, 1.54) is 0 Å². The van der Waals surface area contributed by atoms with E-state index in [0.29, 0.717) is 6.54 Å². The zero-order valence-electron chi connectivity index (χ0n) is 10.0. The molecule has 0 rings (SSSR count). The largest absolute Gasteiger partial charge is 0.443 e. The summed E-state index contributed by atoms with van der Waals surface area (Å²) in [6, 6.07) is 0. The molecule has 0 aromatic carbocycles. The Morgan fingerprint density at radius 1 is 1.21 bits per heavy atom. The molecule has 0 aromatic rings. The van der Waals surface area contributed by atoms with Gasteiger partial charge in [0.05, 0.1) is 0 Å². The van der Waals surface area contributed by atoms with Gasteiger partial charge in [0.1, 0.15) is 5.60 Å². The van der Waals surface area contributed by atoms with E-state index in [9.17, 15) is 4.79 Å². The van der Waals surface area contributed by atoms with Gasteiger partial charge in [0.15, 0.2) is 0 Å². The minimum atomic E-state index is -0.493. The minimum absolute atomic E-state index is 0.0222. The molecule has 0 atom stereocenters. The van der Waals surface area contributed by atoms with Gasteiger partial charge in [-0.25, -0.2) is 15.6 Å². The average molecular weight is 202 g/mol. The molecule has 0 fully saturated rings. The fourth-order valence-electron chi connectivity index (χ4n) is 0.896.